The Morgan fingerprint density at radius 2 is 2.00 bits per heavy atom. The number of hydrogen-bond donors (Lipinski definition) is 0. The monoisotopic (exact) mass is 138 g/mol. The van der Waals surface area contributed by atoms with Gasteiger partial charge in [0.05, 0.1) is 0 Å². The van der Waals surface area contributed by atoms with Crippen molar-refractivity contribution >= 4 is 6.29 Å². The molecule has 0 radical (unpaired) electrons. The average Bonchev–Trinajstić information content (AvgIpc) is 2.65. The second kappa shape index (κ2) is 3.32. The van der Waals surface area contributed by atoms with Crippen molar-refractivity contribution in [1.82, 2.24) is 0 Å². The summed E-state index contributed by atoms with van der Waals surface area (Å²) in [6.07, 6.45) is 8.25. The van der Waals surface area contributed by atoms with Crippen LogP contribution >= 0.6 is 0 Å². The van der Waals surface area contributed by atoms with Gasteiger partial charge in [0.2, 0.25) is 0 Å². The van der Waals surface area contributed by atoms with Gasteiger partial charge in [-0.25, -0.2) is 0 Å². The first kappa shape index (κ1) is 7.22. The third kappa shape index (κ3) is 1.81. The first-order chi connectivity index (χ1) is 4.88. The SMILES string of the molecule is C/C=C/[C@H]1O[C@H]1/C=C\C=O. The van der Waals surface area contributed by atoms with Gasteiger partial charge >= 0.3 is 0 Å². The molecule has 0 saturated carbocycles. The number of allylic oxidation sites excluding steroid dienone is 2. The molecular formula is C8H10O2. The molecule has 1 fully saturated rings. The number of ether oxygens (including phenoxy) is 1. The molecule has 1 heterocycles. The molecule has 1 aliphatic rings. The van der Waals surface area contributed by atoms with Crippen molar-refractivity contribution in [3.63, 3.8) is 0 Å². The second-order valence-electron chi connectivity index (χ2n) is 2.11. The van der Waals surface area contributed by atoms with Gasteiger partial charge < -0.3 is 4.74 Å². The lowest BCUT2D eigenvalue weighted by molar-refractivity contribution is -0.104. The van der Waals surface area contributed by atoms with Crippen LogP contribution in [-0.2, 0) is 9.53 Å². The maximum atomic E-state index is 9.84. The molecule has 2 heteroatoms. The van der Waals surface area contributed by atoms with E-state index in [9.17, 15) is 4.79 Å². The normalized spacial score (nSPS) is 31.7. The Hall–Kier alpha value is -0.890. The maximum absolute atomic E-state index is 9.84. The van der Waals surface area contributed by atoms with Crippen LogP contribution in [0.15, 0.2) is 24.3 Å². The van der Waals surface area contributed by atoms with Crippen molar-refractivity contribution in [1.29, 1.82) is 0 Å². The van der Waals surface area contributed by atoms with E-state index >= 15 is 0 Å². The minimum absolute atomic E-state index is 0.140. The molecular weight excluding hydrogens is 128 g/mol. The Morgan fingerprint density at radius 1 is 1.30 bits per heavy atom. The van der Waals surface area contributed by atoms with E-state index in [4.69, 9.17) is 4.74 Å². The Bertz CT molecular complexity index is 170. The first-order valence-electron chi connectivity index (χ1n) is 3.28. The van der Waals surface area contributed by atoms with Crippen molar-refractivity contribution < 1.29 is 9.53 Å². The summed E-state index contributed by atoms with van der Waals surface area (Å²) in [7, 11) is 0. The lowest BCUT2D eigenvalue weighted by Crippen LogP contribution is -1.83. The van der Waals surface area contributed by atoms with E-state index in [1.54, 1.807) is 6.08 Å². The number of hydrogen-bond acceptors (Lipinski definition) is 2. The van der Waals surface area contributed by atoms with Gasteiger partial charge in [0, 0.05) is 0 Å². The highest BCUT2D eigenvalue weighted by atomic mass is 16.6. The summed E-state index contributed by atoms with van der Waals surface area (Å²) in [5, 5.41) is 0. The molecule has 2 atom stereocenters. The van der Waals surface area contributed by atoms with Crippen LogP contribution in [0.3, 0.4) is 0 Å². The lowest BCUT2D eigenvalue weighted by Gasteiger charge is -1.73. The van der Waals surface area contributed by atoms with Gasteiger partial charge in [-0.1, -0.05) is 12.2 Å². The molecule has 2 nitrogen and oxygen atoms in total. The highest BCUT2D eigenvalue weighted by Crippen LogP contribution is 2.23. The standard InChI is InChI=1S/C8H10O2/c1-2-4-7-8(10-7)5-3-6-9/h2-8H,1H3/b4-2+,5-3-/t7-,8+/m1/s1. The summed E-state index contributed by atoms with van der Waals surface area (Å²) in [6.45, 7) is 1.95. The molecule has 0 amide bonds. The van der Waals surface area contributed by atoms with Crippen molar-refractivity contribution in [2.45, 2.75) is 19.1 Å². The Morgan fingerprint density at radius 3 is 2.60 bits per heavy atom. The van der Waals surface area contributed by atoms with Crippen LogP contribution < -0.4 is 0 Å². The molecule has 1 aliphatic heterocycles. The molecule has 1 saturated heterocycles. The molecule has 0 bridgehead atoms. The fourth-order valence-electron chi connectivity index (χ4n) is 0.790. The van der Waals surface area contributed by atoms with Crippen molar-refractivity contribution in [2.24, 2.45) is 0 Å². The quantitative estimate of drug-likeness (QED) is 0.253. The topological polar surface area (TPSA) is 29.6 Å². The summed E-state index contributed by atoms with van der Waals surface area (Å²) in [5.41, 5.74) is 0. The number of carbonyl (C=O) groups excluding carboxylic acids is 1. The molecule has 0 aliphatic carbocycles. The van der Waals surface area contributed by atoms with Gasteiger partial charge in [0.25, 0.3) is 0 Å². The van der Waals surface area contributed by atoms with Gasteiger partial charge in [0.1, 0.15) is 18.5 Å². The zero-order chi connectivity index (χ0) is 7.40. The van der Waals surface area contributed by atoms with E-state index in [1.807, 2.05) is 19.1 Å². The van der Waals surface area contributed by atoms with Crippen molar-refractivity contribution in [2.75, 3.05) is 0 Å². The van der Waals surface area contributed by atoms with E-state index in [1.165, 1.54) is 6.08 Å². The summed E-state index contributed by atoms with van der Waals surface area (Å²) in [5.74, 6) is 0. The van der Waals surface area contributed by atoms with E-state index in [0.717, 1.165) is 6.29 Å². The van der Waals surface area contributed by atoms with Crippen LogP contribution in [0, 0.1) is 0 Å². The zero-order valence-corrected chi connectivity index (χ0v) is 5.86. The van der Waals surface area contributed by atoms with E-state index in [2.05, 4.69) is 0 Å². The van der Waals surface area contributed by atoms with Crippen LogP contribution in [0.4, 0.5) is 0 Å². The highest BCUT2D eigenvalue weighted by molar-refractivity contribution is 5.65. The van der Waals surface area contributed by atoms with Crippen LogP contribution in [0.1, 0.15) is 6.92 Å². The lowest BCUT2D eigenvalue weighted by atomic mass is 10.3. The van der Waals surface area contributed by atoms with Crippen LogP contribution in [0.2, 0.25) is 0 Å². The second-order valence-corrected chi connectivity index (χ2v) is 2.11. The molecule has 0 unspecified atom stereocenters. The first-order valence-corrected chi connectivity index (χ1v) is 3.28. The van der Waals surface area contributed by atoms with Gasteiger partial charge in [-0.3, -0.25) is 4.79 Å². The Kier molecular flexibility index (Phi) is 2.40. The molecule has 0 aromatic rings. The Balaban J connectivity index is 2.25. The highest BCUT2D eigenvalue weighted by Gasteiger charge is 2.33. The van der Waals surface area contributed by atoms with Gasteiger partial charge in [-0.15, -0.1) is 0 Å². The number of rotatable bonds is 3. The van der Waals surface area contributed by atoms with Gasteiger partial charge in [-0.2, -0.15) is 0 Å². The summed E-state index contributed by atoms with van der Waals surface area (Å²) < 4.78 is 5.13. The van der Waals surface area contributed by atoms with Gasteiger partial charge in [-0.05, 0) is 19.1 Å². The van der Waals surface area contributed by atoms with Crippen molar-refractivity contribution in [3.8, 4) is 0 Å². The van der Waals surface area contributed by atoms with Crippen LogP contribution in [-0.4, -0.2) is 18.5 Å². The minimum atomic E-state index is 0.140. The van der Waals surface area contributed by atoms with E-state index < -0.39 is 0 Å². The smallest absolute Gasteiger partial charge is 0.142 e. The molecule has 0 aromatic carbocycles. The van der Waals surface area contributed by atoms with Crippen LogP contribution in [0.25, 0.3) is 0 Å². The third-order valence-corrected chi connectivity index (χ3v) is 1.32. The molecule has 0 N–H and O–H groups in total. The maximum Gasteiger partial charge on any atom is 0.142 e. The molecule has 10 heavy (non-hydrogen) atoms. The molecule has 0 aromatic heterocycles. The predicted molar refractivity (Wildman–Crippen MR) is 38.7 cm³/mol. The predicted octanol–water partition coefficient (Wildman–Crippen LogP) is 1.08. The molecule has 0 spiro atoms. The Labute approximate surface area is 60.2 Å². The van der Waals surface area contributed by atoms with Crippen LogP contribution in [0.5, 0.6) is 0 Å². The average molecular weight is 138 g/mol. The number of epoxide rings is 1. The molecule has 54 valence electrons. The fraction of sp³-hybridized carbons (Fsp3) is 0.375. The summed E-state index contributed by atoms with van der Waals surface area (Å²) in [6, 6.07) is 0. The van der Waals surface area contributed by atoms with E-state index in [0.29, 0.717) is 0 Å². The van der Waals surface area contributed by atoms with E-state index in [-0.39, 0.29) is 12.2 Å². The van der Waals surface area contributed by atoms with Gasteiger partial charge in [0.15, 0.2) is 0 Å². The molecule has 1 rings (SSSR count). The number of aldehydes is 1. The zero-order valence-electron chi connectivity index (χ0n) is 5.86. The minimum Gasteiger partial charge on any atom is -0.361 e. The third-order valence-electron chi connectivity index (χ3n) is 1.32. The number of carbonyl (C=O) groups is 1. The summed E-state index contributed by atoms with van der Waals surface area (Å²) in [4.78, 5) is 9.84. The fourth-order valence-corrected chi connectivity index (χ4v) is 0.790. The largest absolute Gasteiger partial charge is 0.361 e. The summed E-state index contributed by atoms with van der Waals surface area (Å²) >= 11 is 0. The van der Waals surface area contributed by atoms with Crippen molar-refractivity contribution in [3.05, 3.63) is 24.3 Å².